The van der Waals surface area contributed by atoms with Crippen LogP contribution in [0.2, 0.25) is 0 Å². The number of nitrogens with zero attached hydrogens (tertiary/aromatic N) is 2. The highest BCUT2D eigenvalue weighted by Gasteiger charge is 2.22. The molecule has 4 aromatic rings. The van der Waals surface area contributed by atoms with Gasteiger partial charge in [0.05, 0.1) is 11.4 Å². The van der Waals surface area contributed by atoms with Crippen molar-refractivity contribution in [3.05, 3.63) is 133 Å². The second-order valence-corrected chi connectivity index (χ2v) is 9.97. The first-order valence-corrected chi connectivity index (χ1v) is 13.8. The molecule has 2 heteroatoms. The van der Waals surface area contributed by atoms with Crippen molar-refractivity contribution in [1.82, 2.24) is 9.97 Å². The Morgan fingerprint density at radius 2 is 1.45 bits per heavy atom. The van der Waals surface area contributed by atoms with Gasteiger partial charge in [-0.05, 0) is 56.1 Å². The van der Waals surface area contributed by atoms with Crippen LogP contribution in [-0.2, 0) is 0 Å². The molecule has 3 aromatic carbocycles. The van der Waals surface area contributed by atoms with E-state index in [4.69, 9.17) is 9.97 Å². The van der Waals surface area contributed by atoms with Crippen molar-refractivity contribution in [1.29, 1.82) is 0 Å². The molecule has 190 valence electrons. The van der Waals surface area contributed by atoms with Gasteiger partial charge in [-0.3, -0.25) is 0 Å². The molecule has 0 saturated heterocycles. The minimum atomic E-state index is 0.497. The topological polar surface area (TPSA) is 25.8 Å². The predicted octanol–water partition coefficient (Wildman–Crippen LogP) is 9.83. The van der Waals surface area contributed by atoms with E-state index < -0.39 is 0 Å². The van der Waals surface area contributed by atoms with E-state index in [-0.39, 0.29) is 0 Å². The first-order valence-electron chi connectivity index (χ1n) is 13.8. The monoisotopic (exact) mass is 496 g/mol. The highest BCUT2D eigenvalue weighted by Crippen LogP contribution is 2.37. The van der Waals surface area contributed by atoms with Gasteiger partial charge in [-0.1, -0.05) is 128 Å². The number of rotatable bonds is 9. The first-order chi connectivity index (χ1) is 18.7. The Hall–Kier alpha value is -4.04. The zero-order valence-electron chi connectivity index (χ0n) is 22.4. The molecule has 0 fully saturated rings. The van der Waals surface area contributed by atoms with Crippen LogP contribution in [-0.4, -0.2) is 9.97 Å². The number of allylic oxidation sites excluding steroid dienone is 6. The van der Waals surface area contributed by atoms with Gasteiger partial charge in [0.1, 0.15) is 0 Å². The summed E-state index contributed by atoms with van der Waals surface area (Å²) in [7, 11) is 0. The molecule has 1 aliphatic rings. The van der Waals surface area contributed by atoms with Crippen LogP contribution in [0.3, 0.4) is 0 Å². The minimum absolute atomic E-state index is 0.497. The predicted molar refractivity (Wildman–Crippen MR) is 161 cm³/mol. The molecule has 0 amide bonds. The molecule has 2 nitrogen and oxygen atoms in total. The fourth-order valence-electron chi connectivity index (χ4n) is 5.36. The summed E-state index contributed by atoms with van der Waals surface area (Å²) in [4.78, 5) is 9.94. The summed E-state index contributed by atoms with van der Waals surface area (Å²) in [5, 5.41) is 0. The van der Waals surface area contributed by atoms with Gasteiger partial charge >= 0.3 is 0 Å². The first kappa shape index (κ1) is 25.6. The Morgan fingerprint density at radius 1 is 0.816 bits per heavy atom. The molecule has 2 unspecified atom stereocenters. The molecule has 38 heavy (non-hydrogen) atoms. The summed E-state index contributed by atoms with van der Waals surface area (Å²) in [6.07, 6.45) is 15.9. The molecule has 0 bridgehead atoms. The van der Waals surface area contributed by atoms with Crippen molar-refractivity contribution < 1.29 is 0 Å². The van der Waals surface area contributed by atoms with Crippen LogP contribution in [0.5, 0.6) is 0 Å². The van der Waals surface area contributed by atoms with Crippen LogP contribution in [0, 0.1) is 5.92 Å². The lowest BCUT2D eigenvalue weighted by Crippen LogP contribution is -2.12. The Balaban J connectivity index is 1.49. The van der Waals surface area contributed by atoms with Crippen LogP contribution < -0.4 is 0 Å². The molecule has 1 aliphatic carbocycles. The number of benzene rings is 3. The largest absolute Gasteiger partial charge is 0.228 e. The second kappa shape index (κ2) is 12.5. The van der Waals surface area contributed by atoms with Gasteiger partial charge in [-0.2, -0.15) is 0 Å². The third kappa shape index (κ3) is 6.08. The van der Waals surface area contributed by atoms with Gasteiger partial charge < -0.3 is 0 Å². The van der Waals surface area contributed by atoms with E-state index in [0.29, 0.717) is 11.8 Å². The normalized spacial score (nSPS) is 15.9. The Bertz CT molecular complexity index is 1360. The molecular weight excluding hydrogens is 460 g/mol. The van der Waals surface area contributed by atoms with Gasteiger partial charge in [0.2, 0.25) is 0 Å². The lowest BCUT2D eigenvalue weighted by atomic mass is 9.78. The third-order valence-corrected chi connectivity index (χ3v) is 7.63. The summed E-state index contributed by atoms with van der Waals surface area (Å²) in [6, 6.07) is 31.8. The zero-order chi connectivity index (χ0) is 26.2. The van der Waals surface area contributed by atoms with Crippen LogP contribution in [0.1, 0.15) is 51.0 Å². The summed E-state index contributed by atoms with van der Waals surface area (Å²) in [5.41, 5.74) is 8.08. The quantitative estimate of drug-likeness (QED) is 0.215. The van der Waals surface area contributed by atoms with Crippen molar-refractivity contribution in [2.45, 2.75) is 45.4 Å². The average Bonchev–Trinajstić information content (AvgIpc) is 3.01. The Labute approximate surface area is 227 Å². The Kier molecular flexibility index (Phi) is 8.40. The van der Waals surface area contributed by atoms with Crippen molar-refractivity contribution in [2.24, 2.45) is 5.92 Å². The standard InChI is InChI=1S/C36H36N2/c1-3-27(4-2)20-25-33(28-14-8-5-9-15-28)29-21-23-31(24-22-29)35-26-34(30-16-10-6-11-17-30)37-36(38-35)32-18-12-7-13-19-32/h3,5-14,16-19,21-24,26,28,33H,4,15,20,25H2,1-2H3. The van der Waals surface area contributed by atoms with Crippen LogP contribution in [0.15, 0.2) is 127 Å². The van der Waals surface area contributed by atoms with Gasteiger partial charge in [-0.15, -0.1) is 0 Å². The SMILES string of the molecule is CC=C(CC)CCC(c1ccc(-c2cc(-c3ccccc3)nc(-c3ccccc3)n2)cc1)C1C=CC=CC1. The van der Waals surface area contributed by atoms with E-state index >= 15 is 0 Å². The van der Waals surface area contributed by atoms with Gasteiger partial charge in [0, 0.05) is 16.7 Å². The van der Waals surface area contributed by atoms with Crippen LogP contribution in [0.25, 0.3) is 33.9 Å². The van der Waals surface area contributed by atoms with Crippen LogP contribution in [0.4, 0.5) is 0 Å². The van der Waals surface area contributed by atoms with Crippen molar-refractivity contribution in [3.8, 4) is 33.9 Å². The summed E-state index contributed by atoms with van der Waals surface area (Å²) in [6.45, 7) is 4.43. The minimum Gasteiger partial charge on any atom is -0.228 e. The molecule has 0 radical (unpaired) electrons. The lowest BCUT2D eigenvalue weighted by Gasteiger charge is -2.26. The number of aromatic nitrogens is 2. The second-order valence-electron chi connectivity index (χ2n) is 9.97. The van der Waals surface area contributed by atoms with Crippen LogP contribution >= 0.6 is 0 Å². The molecule has 0 N–H and O–H groups in total. The Morgan fingerprint density at radius 3 is 2.03 bits per heavy atom. The lowest BCUT2D eigenvalue weighted by molar-refractivity contribution is 0.475. The average molecular weight is 497 g/mol. The smallest absolute Gasteiger partial charge is 0.160 e. The van der Waals surface area contributed by atoms with E-state index in [1.807, 2.05) is 24.3 Å². The van der Waals surface area contributed by atoms with E-state index in [1.54, 1.807) is 5.57 Å². The van der Waals surface area contributed by atoms with Crippen molar-refractivity contribution in [3.63, 3.8) is 0 Å². The molecule has 1 aromatic heterocycles. The highest BCUT2D eigenvalue weighted by molar-refractivity contribution is 5.71. The molecule has 5 rings (SSSR count). The fourth-order valence-corrected chi connectivity index (χ4v) is 5.36. The maximum Gasteiger partial charge on any atom is 0.160 e. The maximum absolute atomic E-state index is 5.01. The van der Waals surface area contributed by atoms with E-state index in [0.717, 1.165) is 53.2 Å². The summed E-state index contributed by atoms with van der Waals surface area (Å²) < 4.78 is 0. The molecule has 2 atom stereocenters. The molecule has 1 heterocycles. The molecule has 0 saturated carbocycles. The summed E-state index contributed by atoms with van der Waals surface area (Å²) >= 11 is 0. The number of hydrogen-bond donors (Lipinski definition) is 0. The summed E-state index contributed by atoms with van der Waals surface area (Å²) in [5.74, 6) is 1.78. The highest BCUT2D eigenvalue weighted by atomic mass is 14.9. The molecular formula is C36H36N2. The maximum atomic E-state index is 5.01. The van der Waals surface area contributed by atoms with Gasteiger partial charge in [0.25, 0.3) is 0 Å². The molecule has 0 spiro atoms. The fraction of sp³-hybridized carbons (Fsp3) is 0.222. The number of hydrogen-bond acceptors (Lipinski definition) is 2. The zero-order valence-corrected chi connectivity index (χ0v) is 22.4. The van der Waals surface area contributed by atoms with E-state index in [2.05, 4.69) is 111 Å². The van der Waals surface area contributed by atoms with Gasteiger partial charge in [-0.25, -0.2) is 9.97 Å². The third-order valence-electron chi connectivity index (χ3n) is 7.63. The van der Waals surface area contributed by atoms with E-state index in [1.165, 1.54) is 12.0 Å². The van der Waals surface area contributed by atoms with E-state index in [9.17, 15) is 0 Å². The molecule has 0 aliphatic heterocycles. The van der Waals surface area contributed by atoms with Crippen molar-refractivity contribution in [2.75, 3.05) is 0 Å². The van der Waals surface area contributed by atoms with Gasteiger partial charge in [0.15, 0.2) is 5.82 Å². The van der Waals surface area contributed by atoms with Crippen molar-refractivity contribution >= 4 is 0 Å².